The number of aromatic nitrogens is 1. The highest BCUT2D eigenvalue weighted by Crippen LogP contribution is 2.20. The molecule has 0 aliphatic heterocycles. The molecule has 1 unspecified atom stereocenters. The highest BCUT2D eigenvalue weighted by atomic mass is 19.1. The van der Waals surface area contributed by atoms with Gasteiger partial charge in [0.05, 0.1) is 11.4 Å². The first-order valence-electron chi connectivity index (χ1n) is 8.66. The number of carbonyl (C=O) groups excluding carboxylic acids is 1. The summed E-state index contributed by atoms with van der Waals surface area (Å²) in [6.45, 7) is 1.96. The Labute approximate surface area is 161 Å². The average molecular weight is 383 g/mol. The van der Waals surface area contributed by atoms with Gasteiger partial charge in [-0.3, -0.25) is 9.78 Å². The van der Waals surface area contributed by atoms with Gasteiger partial charge in [0.15, 0.2) is 0 Å². The van der Waals surface area contributed by atoms with E-state index >= 15 is 0 Å². The Kier molecular flexibility index (Phi) is 6.16. The van der Waals surface area contributed by atoms with Gasteiger partial charge in [-0.15, -0.1) is 0 Å². The van der Waals surface area contributed by atoms with Crippen molar-refractivity contribution in [3.63, 3.8) is 0 Å². The van der Waals surface area contributed by atoms with Crippen LogP contribution in [0.15, 0.2) is 66.9 Å². The molecule has 0 bridgehead atoms. The number of halogens is 2. The smallest absolute Gasteiger partial charge is 0.246 e. The minimum absolute atomic E-state index is 0.0764. The number of hydrogen-bond donors (Lipinski definition) is 2. The monoisotopic (exact) mass is 383 g/mol. The fourth-order valence-corrected chi connectivity index (χ4v) is 2.46. The molecule has 1 heterocycles. The van der Waals surface area contributed by atoms with E-state index in [-0.39, 0.29) is 5.69 Å². The van der Waals surface area contributed by atoms with Gasteiger partial charge in [0.1, 0.15) is 30.0 Å². The lowest BCUT2D eigenvalue weighted by atomic mass is 10.2. The zero-order chi connectivity index (χ0) is 19.9. The second kappa shape index (κ2) is 8.94. The summed E-state index contributed by atoms with van der Waals surface area (Å²) in [7, 11) is 0. The molecule has 0 radical (unpaired) electrons. The Balaban J connectivity index is 1.58. The van der Waals surface area contributed by atoms with Crippen molar-refractivity contribution in [1.82, 2.24) is 4.98 Å². The molecular formula is C21H19F2N3O2. The highest BCUT2D eigenvalue weighted by molar-refractivity contribution is 5.96. The minimum Gasteiger partial charge on any atom is -0.487 e. The summed E-state index contributed by atoms with van der Waals surface area (Å²) < 4.78 is 32.4. The molecule has 5 nitrogen and oxygen atoms in total. The number of anilines is 2. The van der Waals surface area contributed by atoms with Crippen LogP contribution in [0.25, 0.3) is 0 Å². The summed E-state index contributed by atoms with van der Waals surface area (Å²) in [5.74, 6) is -1.37. The lowest BCUT2D eigenvalue weighted by molar-refractivity contribution is -0.116. The van der Waals surface area contributed by atoms with Crippen molar-refractivity contribution in [3.05, 3.63) is 84.2 Å². The first-order chi connectivity index (χ1) is 13.5. The van der Waals surface area contributed by atoms with E-state index in [1.54, 1.807) is 37.4 Å². The van der Waals surface area contributed by atoms with Gasteiger partial charge in [-0.05, 0) is 43.3 Å². The molecule has 3 rings (SSSR count). The minimum atomic E-state index is -0.828. The number of benzene rings is 2. The molecule has 3 aromatic rings. The van der Waals surface area contributed by atoms with Crippen LogP contribution in [0, 0.1) is 11.6 Å². The van der Waals surface area contributed by atoms with Crippen molar-refractivity contribution >= 4 is 17.3 Å². The normalized spacial score (nSPS) is 11.5. The van der Waals surface area contributed by atoms with E-state index in [1.165, 1.54) is 6.07 Å². The Morgan fingerprint density at radius 3 is 2.71 bits per heavy atom. The van der Waals surface area contributed by atoms with Gasteiger partial charge in [-0.25, -0.2) is 8.78 Å². The topological polar surface area (TPSA) is 63.2 Å². The number of nitrogens with zero attached hydrogens (tertiary/aromatic N) is 1. The summed E-state index contributed by atoms with van der Waals surface area (Å²) in [5, 5.41) is 5.46. The quantitative estimate of drug-likeness (QED) is 0.636. The third-order valence-electron chi connectivity index (χ3n) is 3.91. The van der Waals surface area contributed by atoms with Crippen LogP contribution in [0.5, 0.6) is 5.75 Å². The van der Waals surface area contributed by atoms with E-state index < -0.39 is 23.6 Å². The standard InChI is InChI=1S/C21H19F2N3O2/c1-14(21(27)26-20-9-8-15(22)11-19(20)23)25-16-6-4-7-18(12-16)28-13-17-5-2-3-10-24-17/h2-12,14,25H,13H2,1H3,(H,26,27). The van der Waals surface area contributed by atoms with Crippen LogP contribution < -0.4 is 15.4 Å². The molecule has 0 aliphatic carbocycles. The van der Waals surface area contributed by atoms with Crippen molar-refractivity contribution in [2.45, 2.75) is 19.6 Å². The Morgan fingerprint density at radius 1 is 1.11 bits per heavy atom. The molecule has 0 saturated heterocycles. The van der Waals surface area contributed by atoms with Gasteiger partial charge in [0.25, 0.3) is 0 Å². The maximum Gasteiger partial charge on any atom is 0.246 e. The summed E-state index contributed by atoms with van der Waals surface area (Å²) in [5.41, 5.74) is 1.39. The first-order valence-corrected chi connectivity index (χ1v) is 8.66. The summed E-state index contributed by atoms with van der Waals surface area (Å²) in [6, 6.07) is 15.0. The van der Waals surface area contributed by atoms with Crippen LogP contribution in [0.1, 0.15) is 12.6 Å². The SMILES string of the molecule is CC(Nc1cccc(OCc2ccccn2)c1)C(=O)Nc1ccc(F)cc1F. The molecule has 1 atom stereocenters. The van der Waals surface area contributed by atoms with Gasteiger partial charge in [-0.2, -0.15) is 0 Å². The maximum absolute atomic E-state index is 13.7. The van der Waals surface area contributed by atoms with Crippen LogP contribution in [0.3, 0.4) is 0 Å². The lowest BCUT2D eigenvalue weighted by Gasteiger charge is -2.16. The average Bonchev–Trinajstić information content (AvgIpc) is 2.69. The van der Waals surface area contributed by atoms with E-state index in [0.29, 0.717) is 18.0 Å². The number of rotatable bonds is 7. The molecule has 0 saturated carbocycles. The molecule has 1 amide bonds. The summed E-state index contributed by atoms with van der Waals surface area (Å²) >= 11 is 0. The van der Waals surface area contributed by atoms with Crippen molar-refractivity contribution in [2.24, 2.45) is 0 Å². The molecular weight excluding hydrogens is 364 g/mol. The largest absolute Gasteiger partial charge is 0.487 e. The predicted octanol–water partition coefficient (Wildman–Crippen LogP) is 4.38. The number of hydrogen-bond acceptors (Lipinski definition) is 4. The molecule has 2 aromatic carbocycles. The molecule has 0 aliphatic rings. The second-order valence-corrected chi connectivity index (χ2v) is 6.12. The van der Waals surface area contributed by atoms with E-state index in [4.69, 9.17) is 4.74 Å². The molecule has 2 N–H and O–H groups in total. The second-order valence-electron chi connectivity index (χ2n) is 6.12. The van der Waals surface area contributed by atoms with E-state index in [0.717, 1.165) is 17.8 Å². The Hall–Kier alpha value is -3.48. The van der Waals surface area contributed by atoms with Crippen LogP contribution in [0.4, 0.5) is 20.2 Å². The maximum atomic E-state index is 13.7. The third kappa shape index (κ3) is 5.26. The molecule has 0 spiro atoms. The van der Waals surface area contributed by atoms with Crippen molar-refractivity contribution < 1.29 is 18.3 Å². The number of amides is 1. The van der Waals surface area contributed by atoms with Gasteiger partial charge in [0, 0.05) is 24.0 Å². The summed E-state index contributed by atoms with van der Waals surface area (Å²) in [6.07, 6.45) is 1.70. The fourth-order valence-electron chi connectivity index (χ4n) is 2.46. The van der Waals surface area contributed by atoms with E-state index in [1.807, 2.05) is 18.2 Å². The van der Waals surface area contributed by atoms with Crippen LogP contribution in [-0.4, -0.2) is 16.9 Å². The first kappa shape index (κ1) is 19.3. The molecule has 144 valence electrons. The number of ether oxygens (including phenoxy) is 1. The highest BCUT2D eigenvalue weighted by Gasteiger charge is 2.15. The molecule has 28 heavy (non-hydrogen) atoms. The molecule has 0 fully saturated rings. The lowest BCUT2D eigenvalue weighted by Crippen LogP contribution is -2.32. The van der Waals surface area contributed by atoms with Gasteiger partial charge in [-0.1, -0.05) is 12.1 Å². The van der Waals surface area contributed by atoms with E-state index in [9.17, 15) is 13.6 Å². The van der Waals surface area contributed by atoms with Gasteiger partial charge in [0.2, 0.25) is 5.91 Å². The Morgan fingerprint density at radius 2 is 1.96 bits per heavy atom. The third-order valence-corrected chi connectivity index (χ3v) is 3.91. The van der Waals surface area contributed by atoms with Gasteiger partial charge >= 0.3 is 0 Å². The molecule has 1 aromatic heterocycles. The molecule has 7 heteroatoms. The van der Waals surface area contributed by atoms with E-state index in [2.05, 4.69) is 15.6 Å². The number of carbonyl (C=O) groups is 1. The predicted molar refractivity (Wildman–Crippen MR) is 103 cm³/mol. The Bertz CT molecular complexity index is 951. The van der Waals surface area contributed by atoms with Gasteiger partial charge < -0.3 is 15.4 Å². The van der Waals surface area contributed by atoms with Crippen molar-refractivity contribution in [1.29, 1.82) is 0 Å². The van der Waals surface area contributed by atoms with Crippen LogP contribution >= 0.6 is 0 Å². The van der Waals surface area contributed by atoms with Crippen LogP contribution in [-0.2, 0) is 11.4 Å². The van der Waals surface area contributed by atoms with Crippen LogP contribution in [0.2, 0.25) is 0 Å². The zero-order valence-electron chi connectivity index (χ0n) is 15.2. The van der Waals surface area contributed by atoms with Crippen molar-refractivity contribution in [3.8, 4) is 5.75 Å². The number of nitrogens with one attached hydrogen (secondary N) is 2. The number of pyridine rings is 1. The fraction of sp³-hybridized carbons (Fsp3) is 0.143. The van der Waals surface area contributed by atoms with Crippen molar-refractivity contribution in [2.75, 3.05) is 10.6 Å². The zero-order valence-corrected chi connectivity index (χ0v) is 15.2. The summed E-state index contributed by atoms with van der Waals surface area (Å²) in [4.78, 5) is 16.5.